The van der Waals surface area contributed by atoms with Gasteiger partial charge in [-0.15, -0.1) is 0 Å². The normalized spacial score (nSPS) is 27.0. The molecule has 0 aliphatic carbocycles. The van der Waals surface area contributed by atoms with Crippen LogP contribution in [0.4, 0.5) is 4.39 Å². The highest BCUT2D eigenvalue weighted by molar-refractivity contribution is 7.89. The molecule has 2 saturated heterocycles. The molecule has 2 unspecified atom stereocenters. The second kappa shape index (κ2) is 7.25. The van der Waals surface area contributed by atoms with Crippen LogP contribution in [-0.2, 0) is 14.8 Å². The minimum Gasteiger partial charge on any atom is -0.377 e. The number of benzene rings is 1. The average molecular weight is 342 g/mol. The SMILES string of the molecule is O=S(=O)(CC1CCCCO1)N1CCNCC1c1cccc(F)c1. The van der Waals surface area contributed by atoms with Crippen LogP contribution in [0.25, 0.3) is 0 Å². The van der Waals surface area contributed by atoms with Crippen molar-refractivity contribution in [3.63, 3.8) is 0 Å². The first-order chi connectivity index (χ1) is 11.1. The van der Waals surface area contributed by atoms with E-state index in [2.05, 4.69) is 5.32 Å². The number of sulfonamides is 1. The lowest BCUT2D eigenvalue weighted by molar-refractivity contribution is 0.0296. The van der Waals surface area contributed by atoms with E-state index in [9.17, 15) is 12.8 Å². The van der Waals surface area contributed by atoms with Crippen LogP contribution in [0.1, 0.15) is 30.9 Å². The number of piperazine rings is 1. The molecule has 2 aliphatic rings. The maximum atomic E-state index is 13.5. The average Bonchev–Trinajstić information content (AvgIpc) is 2.55. The highest BCUT2D eigenvalue weighted by Crippen LogP contribution is 2.27. The Hall–Kier alpha value is -1.02. The second-order valence-corrected chi connectivity index (χ2v) is 8.12. The van der Waals surface area contributed by atoms with Gasteiger partial charge in [0.1, 0.15) is 5.82 Å². The Morgan fingerprint density at radius 2 is 2.22 bits per heavy atom. The molecule has 1 aromatic rings. The molecule has 1 N–H and O–H groups in total. The van der Waals surface area contributed by atoms with Crippen LogP contribution in [0.5, 0.6) is 0 Å². The Bertz CT molecular complexity index is 632. The molecule has 2 atom stereocenters. The van der Waals surface area contributed by atoms with E-state index >= 15 is 0 Å². The smallest absolute Gasteiger partial charge is 0.217 e. The summed E-state index contributed by atoms with van der Waals surface area (Å²) < 4.78 is 46.3. The summed E-state index contributed by atoms with van der Waals surface area (Å²) in [6.07, 6.45) is 2.57. The molecule has 0 spiro atoms. The minimum atomic E-state index is -3.45. The topological polar surface area (TPSA) is 58.6 Å². The number of ether oxygens (including phenoxy) is 1. The van der Waals surface area contributed by atoms with Gasteiger partial charge in [0, 0.05) is 26.2 Å². The molecule has 0 radical (unpaired) electrons. The molecule has 0 bridgehead atoms. The molecule has 2 aliphatic heterocycles. The number of hydrogen-bond acceptors (Lipinski definition) is 4. The lowest BCUT2D eigenvalue weighted by Crippen LogP contribution is -2.50. The minimum absolute atomic E-state index is 0.0127. The Kier molecular flexibility index (Phi) is 5.31. The van der Waals surface area contributed by atoms with E-state index in [4.69, 9.17) is 4.74 Å². The largest absolute Gasteiger partial charge is 0.377 e. The molecule has 0 aromatic heterocycles. The van der Waals surface area contributed by atoms with E-state index in [-0.39, 0.29) is 23.7 Å². The van der Waals surface area contributed by atoms with Crippen molar-refractivity contribution in [1.29, 1.82) is 0 Å². The van der Waals surface area contributed by atoms with Crippen LogP contribution in [0, 0.1) is 5.82 Å². The summed E-state index contributed by atoms with van der Waals surface area (Å²) in [6, 6.07) is 5.81. The Balaban J connectivity index is 1.79. The van der Waals surface area contributed by atoms with Crippen LogP contribution < -0.4 is 5.32 Å². The van der Waals surface area contributed by atoms with Gasteiger partial charge in [-0.05, 0) is 37.0 Å². The lowest BCUT2D eigenvalue weighted by Gasteiger charge is -2.36. The maximum Gasteiger partial charge on any atom is 0.217 e. The van der Waals surface area contributed by atoms with Crippen molar-refractivity contribution < 1.29 is 17.5 Å². The van der Waals surface area contributed by atoms with Crippen molar-refractivity contribution >= 4 is 10.0 Å². The van der Waals surface area contributed by atoms with Gasteiger partial charge in [0.05, 0.1) is 17.9 Å². The third-order valence-corrected chi connectivity index (χ3v) is 6.40. The van der Waals surface area contributed by atoms with E-state index < -0.39 is 10.0 Å². The first-order valence-electron chi connectivity index (χ1n) is 8.13. The number of halogens is 1. The summed E-state index contributed by atoms with van der Waals surface area (Å²) in [4.78, 5) is 0. The van der Waals surface area contributed by atoms with Gasteiger partial charge in [-0.3, -0.25) is 0 Å². The molecule has 128 valence electrons. The summed E-state index contributed by atoms with van der Waals surface area (Å²) in [5.74, 6) is -0.334. The molecule has 23 heavy (non-hydrogen) atoms. The van der Waals surface area contributed by atoms with E-state index in [1.54, 1.807) is 12.1 Å². The van der Waals surface area contributed by atoms with Crippen molar-refractivity contribution in [3.8, 4) is 0 Å². The van der Waals surface area contributed by atoms with E-state index in [1.807, 2.05) is 0 Å². The monoisotopic (exact) mass is 342 g/mol. The molecular weight excluding hydrogens is 319 g/mol. The van der Waals surface area contributed by atoms with Crippen LogP contribution in [0.2, 0.25) is 0 Å². The van der Waals surface area contributed by atoms with E-state index in [1.165, 1.54) is 16.4 Å². The van der Waals surface area contributed by atoms with Gasteiger partial charge in [-0.1, -0.05) is 12.1 Å². The standard InChI is InChI=1S/C16H23FN2O3S/c17-14-5-3-4-13(10-14)16-11-18-7-8-19(16)23(20,21)12-15-6-1-2-9-22-15/h3-5,10,15-16,18H,1-2,6-9,11-12H2. The summed E-state index contributed by atoms with van der Waals surface area (Å²) in [5, 5.41) is 3.20. The molecule has 3 rings (SSSR count). The first kappa shape index (κ1) is 16.8. The second-order valence-electron chi connectivity index (χ2n) is 6.15. The molecule has 5 nitrogen and oxygen atoms in total. The molecule has 0 amide bonds. The van der Waals surface area contributed by atoms with Crippen LogP contribution in [-0.4, -0.2) is 50.8 Å². The maximum absolute atomic E-state index is 13.5. The fourth-order valence-corrected chi connectivity index (χ4v) is 5.16. The molecule has 0 saturated carbocycles. The van der Waals surface area contributed by atoms with Gasteiger partial charge in [0.2, 0.25) is 10.0 Å². The summed E-state index contributed by atoms with van der Waals surface area (Å²) in [7, 11) is -3.45. The number of hydrogen-bond donors (Lipinski definition) is 1. The zero-order valence-corrected chi connectivity index (χ0v) is 13.9. The first-order valence-corrected chi connectivity index (χ1v) is 9.74. The Morgan fingerprint density at radius 1 is 1.35 bits per heavy atom. The summed E-state index contributed by atoms with van der Waals surface area (Å²) in [6.45, 7) is 2.13. The zero-order chi connectivity index (χ0) is 16.3. The fourth-order valence-electron chi connectivity index (χ4n) is 3.29. The third kappa shape index (κ3) is 4.09. The van der Waals surface area contributed by atoms with Gasteiger partial charge in [0.25, 0.3) is 0 Å². The van der Waals surface area contributed by atoms with Crippen molar-refractivity contribution in [1.82, 2.24) is 9.62 Å². The summed E-state index contributed by atoms with van der Waals surface area (Å²) in [5.41, 5.74) is 0.685. The third-order valence-electron chi connectivity index (χ3n) is 4.46. The molecule has 1 aromatic carbocycles. The van der Waals surface area contributed by atoms with E-state index in [0.29, 0.717) is 31.8 Å². The predicted octanol–water partition coefficient (Wildman–Crippen LogP) is 1.67. The Morgan fingerprint density at radius 3 is 2.96 bits per heavy atom. The number of nitrogens with one attached hydrogen (secondary N) is 1. The highest BCUT2D eigenvalue weighted by atomic mass is 32.2. The van der Waals surface area contributed by atoms with Gasteiger partial charge >= 0.3 is 0 Å². The number of rotatable bonds is 4. The van der Waals surface area contributed by atoms with Crippen molar-refractivity contribution in [2.75, 3.05) is 32.0 Å². The van der Waals surface area contributed by atoms with Gasteiger partial charge in [-0.25, -0.2) is 12.8 Å². The van der Waals surface area contributed by atoms with Crippen LogP contribution in [0.3, 0.4) is 0 Å². The molecule has 2 fully saturated rings. The Labute approximate surface area is 136 Å². The number of nitrogens with zero attached hydrogens (tertiary/aromatic N) is 1. The zero-order valence-electron chi connectivity index (χ0n) is 13.1. The van der Waals surface area contributed by atoms with Crippen LogP contribution in [0.15, 0.2) is 24.3 Å². The molecular formula is C16H23FN2O3S. The van der Waals surface area contributed by atoms with Crippen molar-refractivity contribution in [2.24, 2.45) is 0 Å². The predicted molar refractivity (Wildman–Crippen MR) is 86.1 cm³/mol. The highest BCUT2D eigenvalue weighted by Gasteiger charge is 2.35. The lowest BCUT2D eigenvalue weighted by atomic mass is 10.1. The summed E-state index contributed by atoms with van der Waals surface area (Å²) >= 11 is 0. The quantitative estimate of drug-likeness (QED) is 0.904. The molecule has 7 heteroatoms. The van der Waals surface area contributed by atoms with Gasteiger partial charge in [-0.2, -0.15) is 4.31 Å². The van der Waals surface area contributed by atoms with Crippen molar-refractivity contribution in [3.05, 3.63) is 35.6 Å². The molecule has 2 heterocycles. The van der Waals surface area contributed by atoms with Crippen molar-refractivity contribution in [2.45, 2.75) is 31.4 Å². The van der Waals surface area contributed by atoms with Gasteiger partial charge in [0.15, 0.2) is 0 Å². The van der Waals surface area contributed by atoms with Crippen LogP contribution >= 0.6 is 0 Å². The van der Waals surface area contributed by atoms with E-state index in [0.717, 1.165) is 19.3 Å². The van der Waals surface area contributed by atoms with Gasteiger partial charge < -0.3 is 10.1 Å². The fraction of sp³-hybridized carbons (Fsp3) is 0.625.